The molecule has 23 heavy (non-hydrogen) atoms. The minimum atomic E-state index is -0.412. The molecule has 0 unspecified atom stereocenters. The molecule has 0 aromatic heterocycles. The summed E-state index contributed by atoms with van der Waals surface area (Å²) in [4.78, 5) is 11.6. The highest BCUT2D eigenvalue weighted by Crippen LogP contribution is 2.18. The Bertz CT molecular complexity index is 682. The second-order valence-corrected chi connectivity index (χ2v) is 5.33. The lowest BCUT2D eigenvalue weighted by Crippen LogP contribution is -2.24. The number of amides is 1. The number of nitrogens with one attached hydrogen (secondary N) is 1. The van der Waals surface area contributed by atoms with Gasteiger partial charge in [0, 0.05) is 5.56 Å². The van der Waals surface area contributed by atoms with Gasteiger partial charge in [-0.1, -0.05) is 44.2 Å². The van der Waals surface area contributed by atoms with Crippen LogP contribution in [0, 0.1) is 5.82 Å². The number of ether oxygens (including phenoxy) is 1. The highest BCUT2D eigenvalue weighted by molar-refractivity contribution is 5.83. The van der Waals surface area contributed by atoms with Crippen LogP contribution in [0.2, 0.25) is 0 Å². The molecule has 0 atom stereocenters. The van der Waals surface area contributed by atoms with Crippen molar-refractivity contribution in [2.45, 2.75) is 19.8 Å². The molecule has 0 spiro atoms. The fourth-order valence-corrected chi connectivity index (χ4v) is 1.88. The van der Waals surface area contributed by atoms with Crippen LogP contribution in [0.25, 0.3) is 0 Å². The lowest BCUT2D eigenvalue weighted by atomic mass is 10.0. The molecule has 0 aliphatic heterocycles. The number of carbonyl (C=O) groups is 1. The van der Waals surface area contributed by atoms with Crippen LogP contribution in [0.4, 0.5) is 4.39 Å². The summed E-state index contributed by atoms with van der Waals surface area (Å²) >= 11 is 0. The van der Waals surface area contributed by atoms with Crippen molar-refractivity contribution in [3.63, 3.8) is 0 Å². The Balaban J connectivity index is 1.80. The average Bonchev–Trinajstić information content (AvgIpc) is 2.55. The minimum absolute atomic E-state index is 0.157. The van der Waals surface area contributed by atoms with E-state index in [0.29, 0.717) is 17.2 Å². The molecule has 2 rings (SSSR count). The van der Waals surface area contributed by atoms with Crippen molar-refractivity contribution in [1.82, 2.24) is 5.43 Å². The van der Waals surface area contributed by atoms with Crippen LogP contribution < -0.4 is 10.2 Å². The second kappa shape index (κ2) is 8.08. The number of nitrogens with zero attached hydrogens (tertiary/aromatic N) is 1. The van der Waals surface area contributed by atoms with Crippen molar-refractivity contribution in [2.24, 2.45) is 5.10 Å². The summed E-state index contributed by atoms with van der Waals surface area (Å²) in [6.45, 7) is 4.06. The van der Waals surface area contributed by atoms with Gasteiger partial charge in [0.05, 0.1) is 6.21 Å². The Morgan fingerprint density at radius 1 is 1.22 bits per heavy atom. The molecule has 0 saturated carbocycles. The topological polar surface area (TPSA) is 50.7 Å². The number of carbonyl (C=O) groups excluding carboxylic acids is 1. The number of halogens is 1. The molecule has 120 valence electrons. The van der Waals surface area contributed by atoms with Gasteiger partial charge in [-0.2, -0.15) is 5.10 Å². The first kappa shape index (κ1) is 16.7. The summed E-state index contributed by atoms with van der Waals surface area (Å²) in [7, 11) is 0. The Morgan fingerprint density at radius 2 is 1.91 bits per heavy atom. The van der Waals surface area contributed by atoms with Gasteiger partial charge in [0.2, 0.25) is 0 Å². The molecule has 2 aromatic rings. The van der Waals surface area contributed by atoms with Crippen LogP contribution in [-0.4, -0.2) is 18.7 Å². The van der Waals surface area contributed by atoms with E-state index < -0.39 is 11.7 Å². The van der Waals surface area contributed by atoms with Gasteiger partial charge in [-0.05, 0) is 29.7 Å². The van der Waals surface area contributed by atoms with Gasteiger partial charge >= 0.3 is 0 Å². The first-order valence-corrected chi connectivity index (χ1v) is 7.35. The molecule has 1 N–H and O–H groups in total. The van der Waals surface area contributed by atoms with Crippen LogP contribution in [0.3, 0.4) is 0 Å². The molecule has 0 radical (unpaired) electrons. The molecule has 0 bridgehead atoms. The normalized spacial score (nSPS) is 11.0. The Kier molecular flexibility index (Phi) is 5.86. The summed E-state index contributed by atoms with van der Waals surface area (Å²) in [5, 5.41) is 3.71. The van der Waals surface area contributed by atoms with Gasteiger partial charge in [0.15, 0.2) is 6.61 Å². The van der Waals surface area contributed by atoms with Gasteiger partial charge in [0.1, 0.15) is 11.6 Å². The molecule has 4 nitrogen and oxygen atoms in total. The predicted octanol–water partition coefficient (Wildman–Crippen LogP) is 3.48. The van der Waals surface area contributed by atoms with Crippen molar-refractivity contribution in [3.05, 3.63) is 65.5 Å². The van der Waals surface area contributed by atoms with Crippen molar-refractivity contribution < 1.29 is 13.9 Å². The number of hydrazone groups is 1. The second-order valence-electron chi connectivity index (χ2n) is 5.33. The lowest BCUT2D eigenvalue weighted by Gasteiger charge is -2.08. The molecule has 0 heterocycles. The van der Waals surface area contributed by atoms with Crippen LogP contribution in [0.15, 0.2) is 53.6 Å². The Hall–Kier alpha value is -2.69. The number of hydrogen-bond acceptors (Lipinski definition) is 3. The fraction of sp³-hybridized carbons (Fsp3) is 0.222. The molecular formula is C18H19FN2O2. The third kappa shape index (κ3) is 5.21. The van der Waals surface area contributed by atoms with E-state index in [-0.39, 0.29) is 6.61 Å². The molecular weight excluding hydrogens is 295 g/mol. The van der Waals surface area contributed by atoms with Gasteiger partial charge in [-0.3, -0.25) is 4.79 Å². The number of benzene rings is 2. The average molecular weight is 314 g/mol. The highest BCUT2D eigenvalue weighted by Gasteiger charge is 2.03. The largest absolute Gasteiger partial charge is 0.484 e. The first-order chi connectivity index (χ1) is 11.1. The van der Waals surface area contributed by atoms with Crippen LogP contribution in [0.1, 0.15) is 30.9 Å². The van der Waals surface area contributed by atoms with Gasteiger partial charge in [-0.25, -0.2) is 9.82 Å². The quantitative estimate of drug-likeness (QED) is 0.655. The van der Waals surface area contributed by atoms with E-state index in [1.165, 1.54) is 17.8 Å². The predicted molar refractivity (Wildman–Crippen MR) is 88.2 cm³/mol. The fourth-order valence-electron chi connectivity index (χ4n) is 1.88. The summed E-state index contributed by atoms with van der Waals surface area (Å²) in [5.74, 6) is 0.250. The molecule has 0 saturated heterocycles. The molecule has 2 aromatic carbocycles. The maximum atomic E-state index is 13.3. The van der Waals surface area contributed by atoms with Crippen molar-refractivity contribution in [1.29, 1.82) is 0 Å². The summed E-state index contributed by atoms with van der Waals surface area (Å²) in [5.41, 5.74) is 3.81. The zero-order chi connectivity index (χ0) is 16.7. The smallest absolute Gasteiger partial charge is 0.277 e. The van der Waals surface area contributed by atoms with E-state index in [1.54, 1.807) is 18.2 Å². The number of hydrogen-bond donors (Lipinski definition) is 1. The van der Waals surface area contributed by atoms with Crippen molar-refractivity contribution in [2.75, 3.05) is 6.61 Å². The third-order valence-electron chi connectivity index (χ3n) is 3.21. The Labute approximate surface area is 135 Å². The van der Waals surface area contributed by atoms with E-state index in [2.05, 4.69) is 24.4 Å². The van der Waals surface area contributed by atoms with Gasteiger partial charge in [0.25, 0.3) is 5.91 Å². The SMILES string of the molecule is CC(C)c1ccc(OCC(=O)NN=Cc2ccccc2F)cc1. The monoisotopic (exact) mass is 314 g/mol. The maximum Gasteiger partial charge on any atom is 0.277 e. The standard InChI is InChI=1S/C18H19FN2O2/c1-13(2)14-7-9-16(10-8-14)23-12-18(22)21-20-11-15-5-3-4-6-17(15)19/h3-11,13H,12H2,1-2H3,(H,21,22). The van der Waals surface area contributed by atoms with Crippen LogP contribution in [0.5, 0.6) is 5.75 Å². The maximum absolute atomic E-state index is 13.3. The first-order valence-electron chi connectivity index (χ1n) is 7.35. The third-order valence-corrected chi connectivity index (χ3v) is 3.21. The molecule has 0 aliphatic rings. The minimum Gasteiger partial charge on any atom is -0.484 e. The van der Waals surface area contributed by atoms with Crippen LogP contribution >= 0.6 is 0 Å². The number of rotatable bonds is 6. The lowest BCUT2D eigenvalue weighted by molar-refractivity contribution is -0.123. The van der Waals surface area contributed by atoms with E-state index in [0.717, 1.165) is 0 Å². The van der Waals surface area contributed by atoms with E-state index in [1.807, 2.05) is 24.3 Å². The molecule has 0 fully saturated rings. The highest BCUT2D eigenvalue weighted by atomic mass is 19.1. The van der Waals surface area contributed by atoms with E-state index >= 15 is 0 Å². The molecule has 5 heteroatoms. The molecule has 0 aliphatic carbocycles. The summed E-state index contributed by atoms with van der Waals surface area (Å²) in [6.07, 6.45) is 1.25. The van der Waals surface area contributed by atoms with E-state index in [9.17, 15) is 9.18 Å². The van der Waals surface area contributed by atoms with E-state index in [4.69, 9.17) is 4.74 Å². The van der Waals surface area contributed by atoms with Crippen molar-refractivity contribution in [3.8, 4) is 5.75 Å². The Morgan fingerprint density at radius 3 is 2.57 bits per heavy atom. The van der Waals surface area contributed by atoms with Crippen LogP contribution in [-0.2, 0) is 4.79 Å². The zero-order valence-corrected chi connectivity index (χ0v) is 13.1. The molecule has 1 amide bonds. The van der Waals surface area contributed by atoms with Gasteiger partial charge < -0.3 is 4.74 Å². The zero-order valence-electron chi connectivity index (χ0n) is 13.1. The van der Waals surface area contributed by atoms with Crippen molar-refractivity contribution >= 4 is 12.1 Å². The summed E-state index contributed by atoms with van der Waals surface area (Å²) < 4.78 is 18.7. The summed E-state index contributed by atoms with van der Waals surface area (Å²) in [6, 6.07) is 13.8. The van der Waals surface area contributed by atoms with Gasteiger partial charge in [-0.15, -0.1) is 0 Å².